The molecule has 0 radical (unpaired) electrons. The van der Waals surface area contributed by atoms with E-state index >= 15 is 0 Å². The van der Waals surface area contributed by atoms with E-state index in [-0.39, 0.29) is 16.8 Å². The lowest BCUT2D eigenvalue weighted by Gasteiger charge is -2.24. The molecule has 1 aromatic carbocycles. The van der Waals surface area contributed by atoms with Crippen LogP contribution in [0.2, 0.25) is 0 Å². The molecular weight excluding hydrogens is 279 g/mol. The van der Waals surface area contributed by atoms with Crippen molar-refractivity contribution in [2.24, 2.45) is 0 Å². The van der Waals surface area contributed by atoms with Gasteiger partial charge in [0, 0.05) is 22.9 Å². The van der Waals surface area contributed by atoms with Crippen molar-refractivity contribution >= 4 is 22.7 Å². The third-order valence-corrected chi connectivity index (χ3v) is 4.31. The standard InChI is InChI=1S/C14H15FN2O2S/c1-14(2,13-4-3-7-20-13)9-16-12-6-5-10(17(18)19)8-11(12)15/h3-8,16H,9H2,1-2H3. The fourth-order valence-electron chi connectivity index (χ4n) is 1.83. The lowest BCUT2D eigenvalue weighted by molar-refractivity contribution is -0.385. The zero-order valence-electron chi connectivity index (χ0n) is 11.2. The second-order valence-electron chi connectivity index (χ2n) is 5.14. The zero-order chi connectivity index (χ0) is 14.8. The first kappa shape index (κ1) is 14.5. The van der Waals surface area contributed by atoms with Crippen LogP contribution in [0.5, 0.6) is 0 Å². The molecule has 6 heteroatoms. The van der Waals surface area contributed by atoms with E-state index in [1.165, 1.54) is 17.0 Å². The van der Waals surface area contributed by atoms with E-state index in [1.807, 2.05) is 17.5 Å². The van der Waals surface area contributed by atoms with Crippen LogP contribution in [0, 0.1) is 15.9 Å². The molecule has 1 aromatic heterocycles. The molecule has 2 aromatic rings. The molecule has 0 fully saturated rings. The number of anilines is 1. The zero-order valence-corrected chi connectivity index (χ0v) is 12.0. The average Bonchev–Trinajstić information content (AvgIpc) is 2.91. The van der Waals surface area contributed by atoms with E-state index < -0.39 is 10.7 Å². The first-order chi connectivity index (χ1) is 9.40. The van der Waals surface area contributed by atoms with Gasteiger partial charge in [-0.3, -0.25) is 10.1 Å². The number of nitrogens with one attached hydrogen (secondary N) is 1. The van der Waals surface area contributed by atoms with Crippen LogP contribution < -0.4 is 5.32 Å². The third kappa shape index (κ3) is 3.14. The first-order valence-corrected chi connectivity index (χ1v) is 7.00. The van der Waals surface area contributed by atoms with Gasteiger partial charge in [-0.25, -0.2) is 4.39 Å². The molecule has 1 heterocycles. The van der Waals surface area contributed by atoms with Gasteiger partial charge in [0.05, 0.1) is 16.7 Å². The minimum atomic E-state index is -0.610. The molecule has 0 aliphatic carbocycles. The maximum atomic E-state index is 13.8. The van der Waals surface area contributed by atoms with Crippen molar-refractivity contribution in [3.8, 4) is 0 Å². The number of nitro benzene ring substituents is 1. The second kappa shape index (κ2) is 5.58. The number of thiophene rings is 1. The van der Waals surface area contributed by atoms with Gasteiger partial charge in [-0.05, 0) is 17.5 Å². The molecule has 0 spiro atoms. The summed E-state index contributed by atoms with van der Waals surface area (Å²) in [5.41, 5.74) is -0.103. The summed E-state index contributed by atoms with van der Waals surface area (Å²) >= 11 is 1.65. The van der Waals surface area contributed by atoms with Gasteiger partial charge < -0.3 is 5.32 Å². The molecule has 20 heavy (non-hydrogen) atoms. The van der Waals surface area contributed by atoms with E-state index in [0.717, 1.165) is 6.07 Å². The van der Waals surface area contributed by atoms with Crippen LogP contribution in [0.15, 0.2) is 35.7 Å². The van der Waals surface area contributed by atoms with Crippen molar-refractivity contribution in [3.05, 3.63) is 56.5 Å². The van der Waals surface area contributed by atoms with Crippen LogP contribution >= 0.6 is 11.3 Å². The summed E-state index contributed by atoms with van der Waals surface area (Å²) in [5, 5.41) is 15.6. The topological polar surface area (TPSA) is 55.2 Å². The Morgan fingerprint density at radius 2 is 2.15 bits per heavy atom. The Hall–Kier alpha value is -1.95. The molecule has 106 valence electrons. The summed E-state index contributed by atoms with van der Waals surface area (Å²) in [6, 6.07) is 7.65. The highest BCUT2D eigenvalue weighted by Gasteiger charge is 2.22. The molecule has 4 nitrogen and oxygen atoms in total. The molecule has 0 bridgehead atoms. The van der Waals surface area contributed by atoms with E-state index in [9.17, 15) is 14.5 Å². The summed E-state index contributed by atoms with van der Waals surface area (Å²) in [6.45, 7) is 4.67. The summed E-state index contributed by atoms with van der Waals surface area (Å²) in [6.07, 6.45) is 0. The predicted octanol–water partition coefficient (Wildman–Crippen LogP) is 4.19. The highest BCUT2D eigenvalue weighted by atomic mass is 32.1. The maximum absolute atomic E-state index is 13.8. The molecule has 0 atom stereocenters. The van der Waals surface area contributed by atoms with Crippen molar-refractivity contribution in [2.45, 2.75) is 19.3 Å². The Morgan fingerprint density at radius 1 is 1.40 bits per heavy atom. The van der Waals surface area contributed by atoms with Crippen molar-refractivity contribution in [1.29, 1.82) is 0 Å². The van der Waals surface area contributed by atoms with Gasteiger partial charge >= 0.3 is 0 Å². The first-order valence-electron chi connectivity index (χ1n) is 6.12. The van der Waals surface area contributed by atoms with Crippen LogP contribution in [0.4, 0.5) is 15.8 Å². The van der Waals surface area contributed by atoms with Gasteiger partial charge in [0.15, 0.2) is 5.82 Å². The van der Waals surface area contributed by atoms with Gasteiger partial charge in [0.2, 0.25) is 0 Å². The van der Waals surface area contributed by atoms with E-state index in [1.54, 1.807) is 11.3 Å². The van der Waals surface area contributed by atoms with Crippen molar-refractivity contribution in [2.75, 3.05) is 11.9 Å². The van der Waals surface area contributed by atoms with E-state index in [0.29, 0.717) is 6.54 Å². The van der Waals surface area contributed by atoms with Gasteiger partial charge in [-0.15, -0.1) is 11.3 Å². The number of non-ortho nitro benzene ring substituents is 1. The number of rotatable bonds is 5. The van der Waals surface area contributed by atoms with Crippen LogP contribution in [-0.2, 0) is 5.41 Å². The fraction of sp³-hybridized carbons (Fsp3) is 0.286. The Bertz CT molecular complexity index is 612. The molecule has 0 aliphatic rings. The van der Waals surface area contributed by atoms with E-state index in [4.69, 9.17) is 0 Å². The minimum absolute atomic E-state index is 0.137. The minimum Gasteiger partial charge on any atom is -0.382 e. The Labute approximate surface area is 120 Å². The highest BCUT2D eigenvalue weighted by Crippen LogP contribution is 2.28. The monoisotopic (exact) mass is 294 g/mol. The summed E-state index contributed by atoms with van der Waals surface area (Å²) < 4.78 is 13.8. The van der Waals surface area contributed by atoms with Gasteiger partial charge in [-0.2, -0.15) is 0 Å². The molecule has 0 saturated heterocycles. The smallest absolute Gasteiger partial charge is 0.272 e. The summed E-state index contributed by atoms with van der Waals surface area (Å²) in [7, 11) is 0. The SMILES string of the molecule is CC(C)(CNc1ccc([N+](=O)[O-])cc1F)c1cccs1. The fourth-order valence-corrected chi connectivity index (χ4v) is 2.68. The Morgan fingerprint density at radius 3 is 2.70 bits per heavy atom. The molecule has 0 aliphatic heterocycles. The lowest BCUT2D eigenvalue weighted by Crippen LogP contribution is -2.26. The number of hydrogen-bond acceptors (Lipinski definition) is 4. The van der Waals surface area contributed by atoms with Crippen molar-refractivity contribution in [1.82, 2.24) is 0 Å². The highest BCUT2D eigenvalue weighted by molar-refractivity contribution is 7.10. The van der Waals surface area contributed by atoms with Crippen LogP contribution in [0.3, 0.4) is 0 Å². The number of benzene rings is 1. The number of nitro groups is 1. The maximum Gasteiger partial charge on any atom is 0.272 e. The number of halogens is 1. The third-order valence-electron chi connectivity index (χ3n) is 3.07. The molecule has 0 saturated carbocycles. The molecule has 0 unspecified atom stereocenters. The van der Waals surface area contributed by atoms with Gasteiger partial charge in [-0.1, -0.05) is 19.9 Å². The van der Waals surface area contributed by atoms with Gasteiger partial charge in [0.25, 0.3) is 5.69 Å². The van der Waals surface area contributed by atoms with Crippen molar-refractivity contribution < 1.29 is 9.31 Å². The predicted molar refractivity (Wildman–Crippen MR) is 78.9 cm³/mol. The molecule has 0 amide bonds. The lowest BCUT2D eigenvalue weighted by atomic mass is 9.91. The van der Waals surface area contributed by atoms with Crippen LogP contribution in [0.1, 0.15) is 18.7 Å². The Kier molecular flexibility index (Phi) is 4.04. The second-order valence-corrected chi connectivity index (χ2v) is 6.08. The Balaban J connectivity index is 2.10. The summed E-state index contributed by atoms with van der Waals surface area (Å²) in [4.78, 5) is 11.1. The quantitative estimate of drug-likeness (QED) is 0.664. The van der Waals surface area contributed by atoms with Crippen molar-refractivity contribution in [3.63, 3.8) is 0 Å². The largest absolute Gasteiger partial charge is 0.382 e. The number of hydrogen-bond donors (Lipinski definition) is 1. The van der Waals surface area contributed by atoms with Crippen LogP contribution in [0.25, 0.3) is 0 Å². The normalized spacial score (nSPS) is 11.3. The van der Waals surface area contributed by atoms with Gasteiger partial charge in [0.1, 0.15) is 0 Å². The van der Waals surface area contributed by atoms with E-state index in [2.05, 4.69) is 19.2 Å². The summed E-state index contributed by atoms with van der Waals surface area (Å²) in [5.74, 6) is -0.610. The number of nitrogens with zero attached hydrogens (tertiary/aromatic N) is 1. The molecular formula is C14H15FN2O2S. The molecule has 2 rings (SSSR count). The average molecular weight is 294 g/mol. The molecule has 1 N–H and O–H groups in total. The van der Waals surface area contributed by atoms with Crippen LogP contribution in [-0.4, -0.2) is 11.5 Å².